The van der Waals surface area contributed by atoms with Crippen molar-refractivity contribution < 1.29 is 9.84 Å². The maximum atomic E-state index is 8.74. The monoisotopic (exact) mass is 218 g/mol. The lowest BCUT2D eigenvalue weighted by molar-refractivity contribution is 0.137. The van der Waals surface area contributed by atoms with E-state index in [1.807, 2.05) is 6.92 Å². The minimum atomic E-state index is 0.0401. The molecule has 0 saturated carbocycles. The van der Waals surface area contributed by atoms with Crippen molar-refractivity contribution in [3.63, 3.8) is 0 Å². The molecule has 1 aromatic heterocycles. The number of methoxy groups -OCH3 is 1. The Morgan fingerprint density at radius 1 is 1.64 bits per heavy atom. The maximum Gasteiger partial charge on any atom is 0.209 e. The summed E-state index contributed by atoms with van der Waals surface area (Å²) >= 11 is 1.52. The fourth-order valence-electron chi connectivity index (χ4n) is 0.795. The van der Waals surface area contributed by atoms with Gasteiger partial charge in [-0.2, -0.15) is 0 Å². The average Bonchev–Trinajstić information content (AvgIpc) is 2.62. The summed E-state index contributed by atoms with van der Waals surface area (Å²) in [5.74, 6) is 0.794. The van der Waals surface area contributed by atoms with Crippen LogP contribution in [0.5, 0.6) is 0 Å². The van der Waals surface area contributed by atoms with E-state index in [4.69, 9.17) is 9.84 Å². The molecule has 1 N–H and O–H groups in total. The first-order valence-corrected chi connectivity index (χ1v) is 5.29. The van der Waals surface area contributed by atoms with Crippen molar-refractivity contribution in [3.05, 3.63) is 0 Å². The molecule has 1 aromatic rings. The van der Waals surface area contributed by atoms with Crippen LogP contribution in [0.25, 0.3) is 0 Å². The molecule has 1 unspecified atom stereocenters. The van der Waals surface area contributed by atoms with Gasteiger partial charge in [-0.05, 0) is 17.4 Å². The third-order valence-corrected chi connectivity index (χ3v) is 2.85. The van der Waals surface area contributed by atoms with E-state index in [9.17, 15) is 0 Å². The maximum absolute atomic E-state index is 8.74. The van der Waals surface area contributed by atoms with Gasteiger partial charge in [-0.15, -0.1) is 5.10 Å². The molecule has 1 rings (SSSR count). The van der Waals surface area contributed by atoms with Crippen LogP contribution in [0.1, 0.15) is 6.92 Å². The van der Waals surface area contributed by atoms with E-state index < -0.39 is 0 Å². The van der Waals surface area contributed by atoms with Crippen molar-refractivity contribution in [2.45, 2.75) is 24.7 Å². The first kappa shape index (κ1) is 11.4. The molecule has 0 aliphatic rings. The summed E-state index contributed by atoms with van der Waals surface area (Å²) in [5, 5.41) is 20.6. The largest absolute Gasteiger partial charge is 0.394 e. The van der Waals surface area contributed by atoms with Crippen LogP contribution < -0.4 is 0 Å². The second kappa shape index (κ2) is 5.94. The molecule has 0 bridgehead atoms. The lowest BCUT2D eigenvalue weighted by atomic mass is 10.5. The molecule has 80 valence electrons. The number of thioether (sulfide) groups is 1. The van der Waals surface area contributed by atoms with Crippen LogP contribution in [0.2, 0.25) is 0 Å². The van der Waals surface area contributed by atoms with E-state index in [1.165, 1.54) is 11.8 Å². The van der Waals surface area contributed by atoms with Crippen molar-refractivity contribution in [2.75, 3.05) is 19.5 Å². The Bertz CT molecular complexity index is 268. The number of rotatable bonds is 6. The molecule has 0 amide bonds. The quantitative estimate of drug-likeness (QED) is 0.666. The van der Waals surface area contributed by atoms with Gasteiger partial charge < -0.3 is 9.84 Å². The minimum Gasteiger partial charge on any atom is -0.394 e. The van der Waals surface area contributed by atoms with Crippen LogP contribution in [-0.4, -0.2) is 50.9 Å². The molecule has 1 atom stereocenters. The van der Waals surface area contributed by atoms with Gasteiger partial charge >= 0.3 is 0 Å². The summed E-state index contributed by atoms with van der Waals surface area (Å²) in [7, 11) is 1.67. The first-order valence-electron chi connectivity index (χ1n) is 4.30. The van der Waals surface area contributed by atoms with Crippen LogP contribution in [0.4, 0.5) is 0 Å². The van der Waals surface area contributed by atoms with Gasteiger partial charge in [-0.3, -0.25) is 0 Å². The highest BCUT2D eigenvalue weighted by Gasteiger charge is 2.08. The molecule has 0 saturated heterocycles. The molecule has 1 heterocycles. The fraction of sp³-hybridized carbons (Fsp3) is 0.857. The molecule has 6 nitrogen and oxygen atoms in total. The van der Waals surface area contributed by atoms with E-state index in [0.29, 0.717) is 11.7 Å². The molecule has 0 spiro atoms. The molecule has 0 aliphatic heterocycles. The molecule has 0 aromatic carbocycles. The second-order valence-electron chi connectivity index (χ2n) is 2.77. The highest BCUT2D eigenvalue weighted by Crippen LogP contribution is 2.15. The van der Waals surface area contributed by atoms with E-state index >= 15 is 0 Å². The van der Waals surface area contributed by atoms with Crippen LogP contribution >= 0.6 is 11.8 Å². The number of tetrazole rings is 1. The molecule has 0 aliphatic carbocycles. The van der Waals surface area contributed by atoms with Gasteiger partial charge in [0.25, 0.3) is 0 Å². The highest BCUT2D eigenvalue weighted by atomic mass is 32.2. The van der Waals surface area contributed by atoms with Gasteiger partial charge in [-0.25, -0.2) is 4.68 Å². The molecule has 7 heteroatoms. The zero-order chi connectivity index (χ0) is 10.4. The Kier molecular flexibility index (Phi) is 4.85. The summed E-state index contributed by atoms with van der Waals surface area (Å²) in [6.07, 6.45) is 0.166. The van der Waals surface area contributed by atoms with Crippen molar-refractivity contribution in [3.8, 4) is 0 Å². The lowest BCUT2D eigenvalue weighted by Crippen LogP contribution is -2.10. The molecule has 0 radical (unpaired) electrons. The number of hydrogen-bond donors (Lipinski definition) is 1. The van der Waals surface area contributed by atoms with Crippen LogP contribution in [0, 0.1) is 0 Å². The molecular weight excluding hydrogens is 204 g/mol. The number of aliphatic hydroxyl groups is 1. The summed E-state index contributed by atoms with van der Waals surface area (Å²) in [6.45, 7) is 2.45. The Balaban J connectivity index is 2.45. The second-order valence-corrected chi connectivity index (χ2v) is 3.75. The van der Waals surface area contributed by atoms with Gasteiger partial charge in [0.05, 0.1) is 19.3 Å². The predicted octanol–water partition coefficient (Wildman–Crippen LogP) is -0.208. The molecular formula is C7H14N4O2S. The van der Waals surface area contributed by atoms with E-state index in [2.05, 4.69) is 15.5 Å². The summed E-state index contributed by atoms with van der Waals surface area (Å²) < 4.78 is 6.68. The van der Waals surface area contributed by atoms with Crippen molar-refractivity contribution in [1.82, 2.24) is 20.2 Å². The van der Waals surface area contributed by atoms with E-state index in [-0.39, 0.29) is 12.7 Å². The zero-order valence-electron chi connectivity index (χ0n) is 8.25. The van der Waals surface area contributed by atoms with Crippen molar-refractivity contribution in [1.29, 1.82) is 0 Å². The fourth-order valence-corrected chi connectivity index (χ4v) is 1.69. The number of aromatic nitrogens is 4. The normalized spacial score (nSPS) is 13.1. The van der Waals surface area contributed by atoms with Gasteiger partial charge in [0.15, 0.2) is 0 Å². The van der Waals surface area contributed by atoms with Gasteiger partial charge in [-0.1, -0.05) is 11.8 Å². The predicted molar refractivity (Wildman–Crippen MR) is 52.1 cm³/mol. The van der Waals surface area contributed by atoms with E-state index in [0.717, 1.165) is 5.75 Å². The average molecular weight is 218 g/mol. The van der Waals surface area contributed by atoms with Crippen LogP contribution in [-0.2, 0) is 11.3 Å². The van der Waals surface area contributed by atoms with E-state index in [1.54, 1.807) is 11.8 Å². The number of hydrogen-bond acceptors (Lipinski definition) is 6. The Morgan fingerprint density at radius 2 is 2.43 bits per heavy atom. The Morgan fingerprint density at radius 3 is 3.07 bits per heavy atom. The third kappa shape index (κ3) is 3.24. The minimum absolute atomic E-state index is 0.0401. The summed E-state index contributed by atoms with van der Waals surface area (Å²) in [6, 6.07) is 0. The lowest BCUT2D eigenvalue weighted by Gasteiger charge is -2.07. The third-order valence-electron chi connectivity index (χ3n) is 1.66. The number of aliphatic hydroxyl groups excluding tert-OH is 1. The Labute approximate surface area is 86.6 Å². The first-order chi connectivity index (χ1) is 6.77. The van der Waals surface area contributed by atoms with Gasteiger partial charge in [0, 0.05) is 12.9 Å². The molecule has 14 heavy (non-hydrogen) atoms. The van der Waals surface area contributed by atoms with Crippen LogP contribution in [0.3, 0.4) is 0 Å². The Hall–Kier alpha value is -0.660. The number of nitrogens with zero attached hydrogens (tertiary/aromatic N) is 4. The molecule has 0 fully saturated rings. The topological polar surface area (TPSA) is 73.1 Å². The van der Waals surface area contributed by atoms with Gasteiger partial charge in [0.1, 0.15) is 0 Å². The van der Waals surface area contributed by atoms with Crippen molar-refractivity contribution >= 4 is 11.8 Å². The summed E-state index contributed by atoms with van der Waals surface area (Å²) in [4.78, 5) is 0. The number of ether oxygens (including phenoxy) is 1. The highest BCUT2D eigenvalue weighted by molar-refractivity contribution is 7.99. The SMILES string of the molecule is COC(C)CSc1nnnn1CCO. The smallest absolute Gasteiger partial charge is 0.209 e. The van der Waals surface area contributed by atoms with Crippen LogP contribution in [0.15, 0.2) is 5.16 Å². The van der Waals surface area contributed by atoms with Crippen molar-refractivity contribution in [2.24, 2.45) is 0 Å². The summed E-state index contributed by atoms with van der Waals surface area (Å²) in [5.41, 5.74) is 0. The van der Waals surface area contributed by atoms with Gasteiger partial charge in [0.2, 0.25) is 5.16 Å². The zero-order valence-corrected chi connectivity index (χ0v) is 9.07. The standard InChI is InChI=1S/C7H14N4O2S/c1-6(13-2)5-14-7-8-9-10-11(7)3-4-12/h6,12H,3-5H2,1-2H3.